The number of rotatable bonds is 3. The molecule has 0 bridgehead atoms. The number of hydrazine groups is 1. The lowest BCUT2D eigenvalue weighted by atomic mass is 10.1. The molecule has 6 heteroatoms. The molecule has 3 aromatic rings. The zero-order chi connectivity index (χ0) is 18.7. The predicted molar refractivity (Wildman–Crippen MR) is 103 cm³/mol. The first-order valence-electron chi connectivity index (χ1n) is 8.16. The smallest absolute Gasteiger partial charge is 0.267 e. The van der Waals surface area contributed by atoms with Crippen LogP contribution < -0.4 is 10.9 Å². The van der Waals surface area contributed by atoms with E-state index in [9.17, 15) is 9.59 Å². The van der Waals surface area contributed by atoms with Crippen molar-refractivity contribution in [2.45, 2.75) is 20.8 Å². The highest BCUT2D eigenvalue weighted by Crippen LogP contribution is 2.27. The standard InChI is InChI=1S/C20H19N3O2S/c1-12-9-13(2)11-16(10-12)18(24)22-23-19(25)17-14(3)21-20(26-17)15-7-5-4-6-8-15/h4-11H,1-3H3,(H,22,24)(H,23,25). The Hall–Kier alpha value is -2.99. The monoisotopic (exact) mass is 365 g/mol. The van der Waals surface area contributed by atoms with Crippen molar-refractivity contribution in [3.63, 3.8) is 0 Å². The largest absolute Gasteiger partial charge is 0.281 e. The van der Waals surface area contributed by atoms with Crippen molar-refractivity contribution >= 4 is 23.2 Å². The van der Waals surface area contributed by atoms with E-state index in [-0.39, 0.29) is 11.8 Å². The van der Waals surface area contributed by atoms with Gasteiger partial charge in [-0.2, -0.15) is 0 Å². The molecule has 0 aliphatic heterocycles. The molecule has 2 N–H and O–H groups in total. The molecular formula is C20H19N3O2S. The summed E-state index contributed by atoms with van der Waals surface area (Å²) in [5.41, 5.74) is 9.02. The number of benzene rings is 2. The van der Waals surface area contributed by atoms with E-state index >= 15 is 0 Å². The fourth-order valence-electron chi connectivity index (χ4n) is 2.66. The normalized spacial score (nSPS) is 10.4. The number of carbonyl (C=O) groups excluding carboxylic acids is 2. The zero-order valence-electron chi connectivity index (χ0n) is 14.8. The first-order valence-corrected chi connectivity index (χ1v) is 8.97. The molecule has 0 saturated carbocycles. The molecule has 2 amide bonds. The van der Waals surface area contributed by atoms with Gasteiger partial charge in [-0.15, -0.1) is 11.3 Å². The van der Waals surface area contributed by atoms with Gasteiger partial charge in [0.05, 0.1) is 5.69 Å². The third-order valence-electron chi connectivity index (χ3n) is 3.80. The second-order valence-electron chi connectivity index (χ2n) is 6.08. The summed E-state index contributed by atoms with van der Waals surface area (Å²) in [6.45, 7) is 5.63. The van der Waals surface area contributed by atoms with Gasteiger partial charge >= 0.3 is 0 Å². The molecule has 0 aliphatic carbocycles. The summed E-state index contributed by atoms with van der Waals surface area (Å²) in [6.07, 6.45) is 0. The van der Waals surface area contributed by atoms with Crippen molar-refractivity contribution < 1.29 is 9.59 Å². The highest BCUT2D eigenvalue weighted by atomic mass is 32.1. The Labute approximate surface area is 156 Å². The quantitative estimate of drug-likeness (QED) is 0.693. The fraction of sp³-hybridized carbons (Fsp3) is 0.150. The van der Waals surface area contributed by atoms with Gasteiger partial charge in [0, 0.05) is 11.1 Å². The molecule has 1 aromatic heterocycles. The maximum Gasteiger partial charge on any atom is 0.281 e. The van der Waals surface area contributed by atoms with Crippen molar-refractivity contribution in [1.29, 1.82) is 0 Å². The summed E-state index contributed by atoms with van der Waals surface area (Å²) in [5, 5.41) is 0.772. The Kier molecular flexibility index (Phi) is 5.14. The number of aryl methyl sites for hydroxylation is 3. The molecular weight excluding hydrogens is 346 g/mol. The first-order chi connectivity index (χ1) is 12.4. The minimum Gasteiger partial charge on any atom is -0.267 e. The van der Waals surface area contributed by atoms with Crippen molar-refractivity contribution in [2.75, 3.05) is 0 Å². The van der Waals surface area contributed by atoms with Crippen LogP contribution in [0.3, 0.4) is 0 Å². The van der Waals surface area contributed by atoms with E-state index in [0.29, 0.717) is 16.1 Å². The van der Waals surface area contributed by atoms with Crippen LogP contribution in [0.4, 0.5) is 0 Å². The second kappa shape index (κ2) is 7.49. The summed E-state index contributed by atoms with van der Waals surface area (Å²) in [4.78, 5) is 29.6. The third kappa shape index (κ3) is 3.97. The Balaban J connectivity index is 1.70. The molecule has 0 fully saturated rings. The van der Waals surface area contributed by atoms with Gasteiger partial charge in [-0.25, -0.2) is 4.98 Å². The van der Waals surface area contributed by atoms with Gasteiger partial charge in [-0.1, -0.05) is 47.5 Å². The molecule has 0 aliphatic rings. The van der Waals surface area contributed by atoms with Crippen LogP contribution in [0.25, 0.3) is 10.6 Å². The minimum absolute atomic E-state index is 0.351. The number of carbonyl (C=O) groups is 2. The lowest BCUT2D eigenvalue weighted by Crippen LogP contribution is -2.41. The van der Waals surface area contributed by atoms with Gasteiger partial charge in [-0.3, -0.25) is 20.4 Å². The van der Waals surface area contributed by atoms with Crippen LogP contribution >= 0.6 is 11.3 Å². The SMILES string of the molecule is Cc1cc(C)cc(C(=O)NNC(=O)c2sc(-c3ccccc3)nc2C)c1. The van der Waals surface area contributed by atoms with Crippen molar-refractivity contribution in [3.8, 4) is 10.6 Å². The molecule has 0 spiro atoms. The second-order valence-corrected chi connectivity index (χ2v) is 7.08. The number of hydrogen-bond donors (Lipinski definition) is 2. The van der Waals surface area contributed by atoms with E-state index in [1.54, 1.807) is 19.1 Å². The Morgan fingerprint density at radius 3 is 2.15 bits per heavy atom. The first kappa shape index (κ1) is 17.8. The lowest BCUT2D eigenvalue weighted by molar-refractivity contribution is 0.0848. The molecule has 3 rings (SSSR count). The van der Waals surface area contributed by atoms with Crippen molar-refractivity contribution in [3.05, 3.63) is 75.8 Å². The zero-order valence-corrected chi connectivity index (χ0v) is 15.6. The molecule has 1 heterocycles. The van der Waals surface area contributed by atoms with E-state index in [0.717, 1.165) is 21.7 Å². The summed E-state index contributed by atoms with van der Waals surface area (Å²) >= 11 is 1.30. The van der Waals surface area contributed by atoms with Crippen LogP contribution in [0.15, 0.2) is 48.5 Å². The molecule has 0 unspecified atom stereocenters. The van der Waals surface area contributed by atoms with Crippen LogP contribution in [-0.2, 0) is 0 Å². The molecule has 26 heavy (non-hydrogen) atoms. The Bertz CT molecular complexity index is 944. The molecule has 5 nitrogen and oxygen atoms in total. The summed E-state index contributed by atoms with van der Waals surface area (Å²) in [6, 6.07) is 15.2. The number of thiazole rings is 1. The molecule has 0 atom stereocenters. The maximum atomic E-state index is 12.4. The van der Waals surface area contributed by atoms with Gasteiger partial charge in [0.15, 0.2) is 0 Å². The van der Waals surface area contributed by atoms with Crippen LogP contribution in [0.5, 0.6) is 0 Å². The summed E-state index contributed by atoms with van der Waals surface area (Å²) in [5.74, 6) is -0.726. The van der Waals surface area contributed by atoms with Crippen LogP contribution in [0, 0.1) is 20.8 Å². The molecule has 2 aromatic carbocycles. The van der Waals surface area contributed by atoms with E-state index in [4.69, 9.17) is 0 Å². The van der Waals surface area contributed by atoms with Gasteiger partial charge in [0.2, 0.25) is 0 Å². The average molecular weight is 365 g/mol. The Morgan fingerprint density at radius 2 is 1.50 bits per heavy atom. The van der Waals surface area contributed by atoms with Crippen LogP contribution in [0.2, 0.25) is 0 Å². The lowest BCUT2D eigenvalue weighted by Gasteiger charge is -2.08. The summed E-state index contributed by atoms with van der Waals surface area (Å²) < 4.78 is 0. The maximum absolute atomic E-state index is 12.4. The van der Waals surface area contributed by atoms with Gasteiger partial charge < -0.3 is 0 Å². The summed E-state index contributed by atoms with van der Waals surface area (Å²) in [7, 11) is 0. The average Bonchev–Trinajstić information content (AvgIpc) is 3.01. The van der Waals surface area contributed by atoms with E-state index in [1.807, 2.05) is 50.2 Å². The molecule has 0 saturated heterocycles. The molecule has 0 radical (unpaired) electrons. The highest BCUT2D eigenvalue weighted by molar-refractivity contribution is 7.17. The topological polar surface area (TPSA) is 71.1 Å². The minimum atomic E-state index is -0.375. The van der Waals surface area contributed by atoms with Gasteiger partial charge in [0.1, 0.15) is 9.88 Å². The molecule has 132 valence electrons. The van der Waals surface area contributed by atoms with Crippen LogP contribution in [-0.4, -0.2) is 16.8 Å². The number of hydrogen-bond acceptors (Lipinski definition) is 4. The Morgan fingerprint density at radius 1 is 0.885 bits per heavy atom. The highest BCUT2D eigenvalue weighted by Gasteiger charge is 2.17. The van der Waals surface area contributed by atoms with Crippen molar-refractivity contribution in [2.24, 2.45) is 0 Å². The van der Waals surface area contributed by atoms with E-state index in [2.05, 4.69) is 15.8 Å². The number of nitrogens with one attached hydrogen (secondary N) is 2. The predicted octanol–water partition coefficient (Wildman–Crippen LogP) is 3.81. The van der Waals surface area contributed by atoms with E-state index in [1.165, 1.54) is 11.3 Å². The van der Waals surface area contributed by atoms with Crippen molar-refractivity contribution in [1.82, 2.24) is 15.8 Å². The van der Waals surface area contributed by atoms with Gasteiger partial charge in [-0.05, 0) is 32.9 Å². The number of amides is 2. The fourth-order valence-corrected chi connectivity index (χ4v) is 3.63. The van der Waals surface area contributed by atoms with E-state index < -0.39 is 0 Å². The van der Waals surface area contributed by atoms with Crippen LogP contribution in [0.1, 0.15) is 36.9 Å². The number of aromatic nitrogens is 1. The van der Waals surface area contributed by atoms with Gasteiger partial charge in [0.25, 0.3) is 11.8 Å². The number of nitrogens with zero attached hydrogens (tertiary/aromatic N) is 1. The third-order valence-corrected chi connectivity index (χ3v) is 5.00.